The van der Waals surface area contributed by atoms with Crippen molar-refractivity contribution in [3.63, 3.8) is 0 Å². The van der Waals surface area contributed by atoms with E-state index in [2.05, 4.69) is 25.1 Å². The molecule has 0 aromatic heterocycles. The van der Waals surface area contributed by atoms with Crippen LogP contribution < -0.4 is 6.15 Å². The molecule has 0 aliphatic carbocycles. The van der Waals surface area contributed by atoms with E-state index in [0.717, 1.165) is 6.42 Å². The maximum atomic E-state index is 3.64. The molecule has 1 aromatic rings. The zero-order chi connectivity index (χ0) is 7.23. The Balaban J connectivity index is -0.000000125. The largest absolute Gasteiger partial charge is 2.00 e. The molecule has 3 N–H and O–H groups in total. The van der Waals surface area contributed by atoms with E-state index in [9.17, 15) is 0 Å². The van der Waals surface area contributed by atoms with E-state index in [-0.39, 0.29) is 49.0 Å². The van der Waals surface area contributed by atoms with Crippen molar-refractivity contribution in [3.05, 3.63) is 62.4 Å². The van der Waals surface area contributed by atoms with Crippen LogP contribution in [-0.4, -0.2) is 23.1 Å². The van der Waals surface area contributed by atoms with Crippen molar-refractivity contribution in [2.45, 2.75) is 6.42 Å². The Labute approximate surface area is 110 Å². The Bertz CT molecular complexity index is 202. The molecule has 0 amide bonds. The van der Waals surface area contributed by atoms with E-state index >= 15 is 0 Å². The summed E-state index contributed by atoms with van der Waals surface area (Å²) < 4.78 is 0. The standard InChI is InChI=1S/C10H11.CH3.ClH.Mg.H3N/c1-2-3-7-10-8-5-4-6-9-10;;;;/h2,4-9H,1,3H2;1H3;1H;;1H3/q2*-1;;+2;. The molecular weight excluding hydrogens is 206 g/mol. The number of halogens is 1. The van der Waals surface area contributed by atoms with Gasteiger partial charge in [0.15, 0.2) is 0 Å². The number of hydrogen-bond acceptors (Lipinski definition) is 1. The van der Waals surface area contributed by atoms with Crippen LogP contribution in [0.1, 0.15) is 12.0 Å². The van der Waals surface area contributed by atoms with E-state index in [4.69, 9.17) is 0 Å². The molecule has 0 saturated carbocycles. The molecule has 14 heavy (non-hydrogen) atoms. The first-order valence-corrected chi connectivity index (χ1v) is 3.42. The summed E-state index contributed by atoms with van der Waals surface area (Å²) in [5.74, 6) is 0. The summed E-state index contributed by atoms with van der Waals surface area (Å²) in [5, 5.41) is 0. The maximum absolute atomic E-state index is 3.64. The van der Waals surface area contributed by atoms with E-state index in [0.29, 0.717) is 0 Å². The summed E-state index contributed by atoms with van der Waals surface area (Å²) in [5.41, 5.74) is 1.27. The van der Waals surface area contributed by atoms with Crippen LogP contribution in [0, 0.1) is 13.8 Å². The second-order valence-corrected chi connectivity index (χ2v) is 2.14. The third kappa shape index (κ3) is 9.93. The molecule has 0 radical (unpaired) electrons. The normalized spacial score (nSPS) is 6.29. The molecule has 0 aliphatic heterocycles. The van der Waals surface area contributed by atoms with Crippen molar-refractivity contribution in [2.24, 2.45) is 0 Å². The molecule has 1 rings (SSSR count). The first-order chi connectivity index (χ1) is 4.93. The Kier molecular flexibility index (Phi) is 25.8. The average Bonchev–Trinajstić information content (AvgIpc) is 2.03. The van der Waals surface area contributed by atoms with Gasteiger partial charge in [0.2, 0.25) is 0 Å². The maximum Gasteiger partial charge on any atom is 2.00 e. The van der Waals surface area contributed by atoms with Gasteiger partial charge in [-0.15, -0.1) is 31.1 Å². The molecule has 1 aromatic carbocycles. The fourth-order valence-electron chi connectivity index (χ4n) is 0.809. The molecule has 0 bridgehead atoms. The minimum atomic E-state index is 0. The predicted molar refractivity (Wildman–Crippen MR) is 69.1 cm³/mol. The van der Waals surface area contributed by atoms with Gasteiger partial charge in [0.1, 0.15) is 0 Å². The van der Waals surface area contributed by atoms with E-state index < -0.39 is 0 Å². The smallest absolute Gasteiger partial charge is 0.358 e. The average molecular weight is 224 g/mol. The van der Waals surface area contributed by atoms with Crippen LogP contribution >= 0.6 is 12.4 Å². The van der Waals surface area contributed by atoms with Gasteiger partial charge in [-0.1, -0.05) is 18.6 Å². The molecule has 0 saturated heterocycles. The van der Waals surface area contributed by atoms with Gasteiger partial charge >= 0.3 is 23.1 Å². The van der Waals surface area contributed by atoms with Crippen molar-refractivity contribution in [1.82, 2.24) is 6.15 Å². The van der Waals surface area contributed by atoms with Crippen molar-refractivity contribution in [1.29, 1.82) is 0 Å². The molecule has 3 heteroatoms. The van der Waals surface area contributed by atoms with Crippen LogP contribution in [0.3, 0.4) is 0 Å². The molecule has 1 nitrogen and oxygen atoms in total. The molecule has 0 unspecified atom stereocenters. The molecule has 0 atom stereocenters. The summed E-state index contributed by atoms with van der Waals surface area (Å²) in [6.07, 6.45) is 4.99. The van der Waals surface area contributed by atoms with Crippen LogP contribution in [0.15, 0.2) is 43.0 Å². The van der Waals surface area contributed by atoms with Gasteiger partial charge in [-0.05, 0) is 0 Å². The van der Waals surface area contributed by atoms with Crippen molar-refractivity contribution < 1.29 is 0 Å². The minimum absolute atomic E-state index is 0. The minimum Gasteiger partial charge on any atom is -0.358 e. The number of benzene rings is 1. The van der Waals surface area contributed by atoms with Crippen LogP contribution in [0.4, 0.5) is 0 Å². The Hall–Kier alpha value is -0.154. The second-order valence-electron chi connectivity index (χ2n) is 2.14. The van der Waals surface area contributed by atoms with Gasteiger partial charge in [0.05, 0.1) is 0 Å². The fourth-order valence-corrected chi connectivity index (χ4v) is 0.809. The topological polar surface area (TPSA) is 35.0 Å². The first-order valence-electron chi connectivity index (χ1n) is 3.42. The van der Waals surface area contributed by atoms with Crippen molar-refractivity contribution in [3.8, 4) is 0 Å². The van der Waals surface area contributed by atoms with Crippen molar-refractivity contribution >= 4 is 35.5 Å². The second kappa shape index (κ2) is 15.3. The van der Waals surface area contributed by atoms with Gasteiger partial charge in [0.25, 0.3) is 0 Å². The van der Waals surface area contributed by atoms with E-state index in [1.54, 1.807) is 0 Å². The SMILES string of the molecule is C=CC[CH-]c1ccccc1.Cl.N.[CH3-].[Mg+2]. The number of allylic oxidation sites excluding steroid dienone is 1. The summed E-state index contributed by atoms with van der Waals surface area (Å²) in [7, 11) is 0. The molecule has 0 spiro atoms. The monoisotopic (exact) mass is 223 g/mol. The number of hydrogen-bond donors (Lipinski definition) is 1. The Morgan fingerprint density at radius 3 is 2.14 bits per heavy atom. The van der Waals surface area contributed by atoms with Crippen LogP contribution in [0.25, 0.3) is 0 Å². The quantitative estimate of drug-likeness (QED) is 0.476. The zero-order valence-electron chi connectivity index (χ0n) is 8.78. The fraction of sp³-hybridized carbons (Fsp3) is 0.0909. The van der Waals surface area contributed by atoms with Crippen LogP contribution in [0.5, 0.6) is 0 Å². The summed E-state index contributed by atoms with van der Waals surface area (Å²) >= 11 is 0. The molecular formula is C11H18ClMgN. The summed E-state index contributed by atoms with van der Waals surface area (Å²) in [6, 6.07) is 10.3. The van der Waals surface area contributed by atoms with E-state index in [1.165, 1.54) is 5.56 Å². The van der Waals surface area contributed by atoms with Gasteiger partial charge in [-0.2, -0.15) is 24.1 Å². The predicted octanol–water partition coefficient (Wildman–Crippen LogP) is 3.47. The van der Waals surface area contributed by atoms with Crippen LogP contribution in [-0.2, 0) is 0 Å². The summed E-state index contributed by atoms with van der Waals surface area (Å²) in [6.45, 7) is 3.64. The van der Waals surface area contributed by atoms with Gasteiger partial charge in [0, 0.05) is 0 Å². The zero-order valence-corrected chi connectivity index (χ0v) is 11.0. The van der Waals surface area contributed by atoms with Gasteiger partial charge in [-0.3, -0.25) is 0 Å². The third-order valence-electron chi connectivity index (χ3n) is 1.32. The molecule has 0 heterocycles. The van der Waals surface area contributed by atoms with Crippen molar-refractivity contribution in [2.75, 3.05) is 0 Å². The van der Waals surface area contributed by atoms with E-state index in [1.807, 2.05) is 24.3 Å². The van der Waals surface area contributed by atoms with Crippen LogP contribution in [0.2, 0.25) is 0 Å². The first kappa shape index (κ1) is 23.6. The third-order valence-corrected chi connectivity index (χ3v) is 1.32. The Morgan fingerprint density at radius 1 is 1.21 bits per heavy atom. The summed E-state index contributed by atoms with van der Waals surface area (Å²) in [4.78, 5) is 0. The Morgan fingerprint density at radius 2 is 1.71 bits per heavy atom. The molecule has 0 fully saturated rings. The molecule has 0 aliphatic rings. The van der Waals surface area contributed by atoms with Gasteiger partial charge < -0.3 is 13.6 Å². The van der Waals surface area contributed by atoms with Gasteiger partial charge in [-0.25, -0.2) is 0 Å². The molecule has 76 valence electrons. The number of rotatable bonds is 3.